The van der Waals surface area contributed by atoms with E-state index in [0.717, 1.165) is 29.9 Å². The van der Waals surface area contributed by atoms with E-state index in [0.29, 0.717) is 18.2 Å². The molecule has 2 N–H and O–H groups in total. The van der Waals surface area contributed by atoms with E-state index >= 15 is 0 Å². The van der Waals surface area contributed by atoms with Gasteiger partial charge in [0.05, 0.1) is 0 Å². The lowest BCUT2D eigenvalue weighted by Crippen LogP contribution is -2.34. The number of alkyl halides is 2. The van der Waals surface area contributed by atoms with E-state index in [-0.39, 0.29) is 6.61 Å². The Kier molecular flexibility index (Phi) is 8.75. The number of ether oxygens (including phenoxy) is 1. The van der Waals surface area contributed by atoms with E-state index < -0.39 is 12.0 Å². The summed E-state index contributed by atoms with van der Waals surface area (Å²) in [5.74, 6) is 0.678. The molecule has 0 spiro atoms. The first-order valence-corrected chi connectivity index (χ1v) is 9.63. The molecule has 0 bridgehead atoms. The lowest BCUT2D eigenvalue weighted by Gasteiger charge is -2.23. The highest BCUT2D eigenvalue weighted by Crippen LogP contribution is 2.16. The van der Waals surface area contributed by atoms with Crippen LogP contribution in [0.15, 0.2) is 54.6 Å². The number of rotatable bonds is 10. The summed E-state index contributed by atoms with van der Waals surface area (Å²) >= 11 is 11.7. The minimum absolute atomic E-state index is 0.234. The van der Waals surface area contributed by atoms with Gasteiger partial charge in [0.1, 0.15) is 12.6 Å². The number of halogens is 2. The topological polar surface area (TPSA) is 55.6 Å². The van der Waals surface area contributed by atoms with Crippen molar-refractivity contribution in [1.29, 1.82) is 0 Å². The number of carbonyl (C=O) groups is 1. The van der Waals surface area contributed by atoms with Crippen LogP contribution in [-0.4, -0.2) is 36.9 Å². The van der Waals surface area contributed by atoms with Gasteiger partial charge in [0.2, 0.25) is 0 Å². The standard InChI is InChI=1S/C20H24Cl2N2O2/c21-10-12-24(13-11-22)18-8-6-16(7-9-18)14-19(23)20(25)26-15-17-4-2-1-3-5-17/h1-9,19H,10-15,23H2. The van der Waals surface area contributed by atoms with Crippen LogP contribution in [0, 0.1) is 0 Å². The van der Waals surface area contributed by atoms with Gasteiger partial charge < -0.3 is 15.4 Å². The summed E-state index contributed by atoms with van der Waals surface area (Å²) in [4.78, 5) is 14.2. The first kappa shape index (κ1) is 20.6. The Morgan fingerprint density at radius 1 is 0.962 bits per heavy atom. The molecule has 0 saturated heterocycles. The molecule has 6 heteroatoms. The number of anilines is 1. The van der Waals surface area contributed by atoms with Gasteiger partial charge in [-0.1, -0.05) is 42.5 Å². The van der Waals surface area contributed by atoms with Crippen molar-refractivity contribution < 1.29 is 9.53 Å². The first-order valence-electron chi connectivity index (χ1n) is 8.56. The second-order valence-electron chi connectivity index (χ2n) is 5.94. The molecule has 0 fully saturated rings. The Morgan fingerprint density at radius 3 is 2.15 bits per heavy atom. The Morgan fingerprint density at radius 2 is 1.58 bits per heavy atom. The normalized spacial score (nSPS) is 11.8. The monoisotopic (exact) mass is 394 g/mol. The predicted octanol–water partition coefficient (Wildman–Crippen LogP) is 3.58. The van der Waals surface area contributed by atoms with E-state index in [2.05, 4.69) is 4.90 Å². The highest BCUT2D eigenvalue weighted by Gasteiger charge is 2.16. The van der Waals surface area contributed by atoms with Crippen LogP contribution in [0.3, 0.4) is 0 Å². The van der Waals surface area contributed by atoms with E-state index in [9.17, 15) is 4.79 Å². The highest BCUT2D eigenvalue weighted by molar-refractivity contribution is 6.18. The van der Waals surface area contributed by atoms with Crippen molar-refractivity contribution in [1.82, 2.24) is 0 Å². The summed E-state index contributed by atoms with van der Waals surface area (Å²) in [6.07, 6.45) is 0.429. The van der Waals surface area contributed by atoms with Crippen LogP contribution >= 0.6 is 23.2 Å². The smallest absolute Gasteiger partial charge is 0.323 e. The molecule has 26 heavy (non-hydrogen) atoms. The summed E-state index contributed by atoms with van der Waals surface area (Å²) in [5.41, 5.74) is 8.96. The van der Waals surface area contributed by atoms with Gasteiger partial charge in [-0.25, -0.2) is 0 Å². The van der Waals surface area contributed by atoms with Crippen molar-refractivity contribution in [3.8, 4) is 0 Å². The van der Waals surface area contributed by atoms with Crippen molar-refractivity contribution in [3.63, 3.8) is 0 Å². The summed E-state index contributed by atoms with van der Waals surface area (Å²) in [5, 5.41) is 0. The fourth-order valence-electron chi connectivity index (χ4n) is 2.59. The second kappa shape index (κ2) is 11.1. The maximum Gasteiger partial charge on any atom is 0.323 e. The number of benzene rings is 2. The molecule has 2 aromatic carbocycles. The van der Waals surface area contributed by atoms with Crippen LogP contribution in [0.4, 0.5) is 5.69 Å². The van der Waals surface area contributed by atoms with Gasteiger partial charge in [-0.2, -0.15) is 0 Å². The van der Waals surface area contributed by atoms with Crippen LogP contribution in [0.2, 0.25) is 0 Å². The molecule has 0 aromatic heterocycles. The zero-order valence-corrected chi connectivity index (χ0v) is 16.1. The third kappa shape index (κ3) is 6.52. The molecule has 0 aliphatic rings. The molecule has 4 nitrogen and oxygen atoms in total. The highest BCUT2D eigenvalue weighted by atomic mass is 35.5. The molecular weight excluding hydrogens is 371 g/mol. The van der Waals surface area contributed by atoms with Gasteiger partial charge in [0, 0.05) is 30.5 Å². The number of carbonyl (C=O) groups excluding carboxylic acids is 1. The quantitative estimate of drug-likeness (QED) is 0.494. The Labute approximate surface area is 164 Å². The average molecular weight is 395 g/mol. The van der Waals surface area contributed by atoms with E-state index in [1.807, 2.05) is 54.6 Å². The van der Waals surface area contributed by atoms with Crippen molar-refractivity contribution in [3.05, 3.63) is 65.7 Å². The van der Waals surface area contributed by atoms with Gasteiger partial charge >= 0.3 is 5.97 Å². The van der Waals surface area contributed by atoms with Crippen molar-refractivity contribution in [2.45, 2.75) is 19.1 Å². The van der Waals surface area contributed by atoms with Crippen LogP contribution in [0.1, 0.15) is 11.1 Å². The van der Waals surface area contributed by atoms with Crippen molar-refractivity contribution in [2.24, 2.45) is 5.73 Å². The van der Waals surface area contributed by atoms with E-state index in [1.165, 1.54) is 0 Å². The van der Waals surface area contributed by atoms with Crippen molar-refractivity contribution in [2.75, 3.05) is 29.7 Å². The van der Waals surface area contributed by atoms with Crippen LogP contribution in [-0.2, 0) is 22.6 Å². The molecule has 2 rings (SSSR count). The number of nitrogens with zero attached hydrogens (tertiary/aromatic N) is 1. The molecule has 0 heterocycles. The van der Waals surface area contributed by atoms with Crippen LogP contribution in [0.25, 0.3) is 0 Å². The van der Waals surface area contributed by atoms with Gasteiger partial charge in [-0.15, -0.1) is 23.2 Å². The molecule has 0 aliphatic carbocycles. The number of hydrogen-bond donors (Lipinski definition) is 1. The number of esters is 1. The molecule has 1 atom stereocenters. The third-order valence-corrected chi connectivity index (χ3v) is 4.33. The molecule has 0 amide bonds. The van der Waals surface area contributed by atoms with Gasteiger partial charge in [0.15, 0.2) is 0 Å². The fraction of sp³-hybridized carbons (Fsp3) is 0.350. The van der Waals surface area contributed by atoms with Gasteiger partial charge in [-0.3, -0.25) is 4.79 Å². The number of nitrogens with two attached hydrogens (primary N) is 1. The number of hydrogen-bond acceptors (Lipinski definition) is 4. The molecular formula is C20H24Cl2N2O2. The Bertz CT molecular complexity index is 659. The average Bonchev–Trinajstić information content (AvgIpc) is 2.67. The summed E-state index contributed by atoms with van der Waals surface area (Å²) < 4.78 is 5.29. The largest absolute Gasteiger partial charge is 0.460 e. The summed E-state index contributed by atoms with van der Waals surface area (Å²) in [7, 11) is 0. The summed E-state index contributed by atoms with van der Waals surface area (Å²) in [6, 6.07) is 16.8. The molecule has 0 saturated carbocycles. The SMILES string of the molecule is NC(Cc1ccc(N(CCCl)CCCl)cc1)C(=O)OCc1ccccc1. The molecule has 140 valence electrons. The van der Waals surface area contributed by atoms with Crippen molar-refractivity contribution >= 4 is 34.9 Å². The minimum Gasteiger partial charge on any atom is -0.460 e. The second-order valence-corrected chi connectivity index (χ2v) is 6.69. The fourth-order valence-corrected chi connectivity index (χ4v) is 3.00. The third-order valence-electron chi connectivity index (χ3n) is 3.99. The Hall–Kier alpha value is -1.75. The zero-order chi connectivity index (χ0) is 18.8. The lowest BCUT2D eigenvalue weighted by molar-refractivity contribution is -0.146. The first-order chi connectivity index (χ1) is 12.6. The minimum atomic E-state index is -0.689. The van der Waals surface area contributed by atoms with Gasteiger partial charge in [0.25, 0.3) is 0 Å². The van der Waals surface area contributed by atoms with Crippen LogP contribution < -0.4 is 10.6 Å². The lowest BCUT2D eigenvalue weighted by atomic mass is 10.1. The maximum absolute atomic E-state index is 12.1. The molecule has 2 aromatic rings. The van der Waals surface area contributed by atoms with E-state index in [1.54, 1.807) is 0 Å². The molecule has 1 unspecified atom stereocenters. The van der Waals surface area contributed by atoms with Gasteiger partial charge in [-0.05, 0) is 29.7 Å². The zero-order valence-electron chi connectivity index (χ0n) is 14.6. The van der Waals surface area contributed by atoms with E-state index in [4.69, 9.17) is 33.7 Å². The molecule has 0 aliphatic heterocycles. The van der Waals surface area contributed by atoms with Crippen LogP contribution in [0.5, 0.6) is 0 Å². The predicted molar refractivity (Wildman–Crippen MR) is 108 cm³/mol. The Balaban J connectivity index is 1.87. The molecule has 0 radical (unpaired) electrons. The maximum atomic E-state index is 12.1. The summed E-state index contributed by atoms with van der Waals surface area (Å²) in [6.45, 7) is 1.70.